The molecule has 3 nitrogen and oxygen atoms in total. The maximum atomic E-state index is 9.25. The third-order valence-electron chi connectivity index (χ3n) is 1.91. The molecule has 60 valence electrons. The van der Waals surface area contributed by atoms with Crippen molar-refractivity contribution >= 4 is 0 Å². The first kappa shape index (κ1) is 8.04. The van der Waals surface area contributed by atoms with Crippen LogP contribution in [-0.4, -0.2) is 10.2 Å². The van der Waals surface area contributed by atoms with Gasteiger partial charge in [-0.3, -0.25) is 0 Å². The zero-order chi connectivity index (χ0) is 7.14. The van der Waals surface area contributed by atoms with E-state index in [2.05, 4.69) is 0 Å². The summed E-state index contributed by atoms with van der Waals surface area (Å²) < 4.78 is 0. The largest absolute Gasteiger partial charge is 0.508 e. The van der Waals surface area contributed by atoms with E-state index >= 15 is 0 Å². The standard InChI is InChI=1S/C8H8O2.H3N/c9-7-4-6-2-1-5(7)3-8(6)10;/h1-3,7,9-10H,4H2;1H3. The quantitative estimate of drug-likeness (QED) is 0.523. The molecule has 2 aliphatic carbocycles. The molecule has 3 rings (SSSR count). The van der Waals surface area contributed by atoms with Crippen molar-refractivity contribution in [2.45, 2.75) is 12.5 Å². The average Bonchev–Trinajstić information content (AvgIpc) is 1.91. The van der Waals surface area contributed by atoms with Crippen LogP contribution >= 0.6 is 0 Å². The van der Waals surface area contributed by atoms with Gasteiger partial charge in [0.1, 0.15) is 5.75 Å². The highest BCUT2D eigenvalue weighted by molar-refractivity contribution is 5.42. The molecule has 1 aromatic rings. The van der Waals surface area contributed by atoms with Gasteiger partial charge in [-0.25, -0.2) is 0 Å². The lowest BCUT2D eigenvalue weighted by Crippen LogP contribution is -2.07. The molecular weight excluding hydrogens is 142 g/mol. The number of rotatable bonds is 0. The Morgan fingerprint density at radius 3 is 2.36 bits per heavy atom. The molecule has 0 saturated carbocycles. The van der Waals surface area contributed by atoms with Crippen molar-refractivity contribution in [3.05, 3.63) is 29.3 Å². The Hall–Kier alpha value is -1.06. The Balaban J connectivity index is 0.000000605. The van der Waals surface area contributed by atoms with Crippen LogP contribution in [0.25, 0.3) is 0 Å². The van der Waals surface area contributed by atoms with Gasteiger partial charge in [0, 0.05) is 6.42 Å². The number of aliphatic hydroxyl groups excluding tert-OH is 1. The summed E-state index contributed by atoms with van der Waals surface area (Å²) in [4.78, 5) is 0. The Bertz CT molecular complexity index is 273. The van der Waals surface area contributed by atoms with Gasteiger partial charge in [-0.05, 0) is 17.2 Å². The predicted molar refractivity (Wildman–Crippen MR) is 41.8 cm³/mol. The lowest BCUT2D eigenvalue weighted by Gasteiger charge is -2.19. The van der Waals surface area contributed by atoms with Crippen LogP contribution in [-0.2, 0) is 6.42 Å². The van der Waals surface area contributed by atoms with Gasteiger partial charge >= 0.3 is 0 Å². The molecule has 5 N–H and O–H groups in total. The van der Waals surface area contributed by atoms with Crippen molar-refractivity contribution in [1.29, 1.82) is 0 Å². The highest BCUT2D eigenvalue weighted by atomic mass is 16.3. The van der Waals surface area contributed by atoms with Crippen LogP contribution in [0.15, 0.2) is 18.2 Å². The highest BCUT2D eigenvalue weighted by Crippen LogP contribution is 2.32. The molecule has 0 aromatic heterocycles. The lowest BCUT2D eigenvalue weighted by atomic mass is 9.93. The van der Waals surface area contributed by atoms with Crippen LogP contribution in [0.2, 0.25) is 0 Å². The predicted octanol–water partition coefficient (Wildman–Crippen LogP) is 1.14. The summed E-state index contributed by atoms with van der Waals surface area (Å²) >= 11 is 0. The molecule has 1 unspecified atom stereocenters. The summed E-state index contributed by atoms with van der Waals surface area (Å²) in [7, 11) is 0. The van der Waals surface area contributed by atoms with Crippen molar-refractivity contribution in [1.82, 2.24) is 6.15 Å². The zero-order valence-electron chi connectivity index (χ0n) is 6.12. The lowest BCUT2D eigenvalue weighted by molar-refractivity contribution is 0.172. The first-order chi connectivity index (χ1) is 4.77. The molecule has 2 aliphatic rings. The van der Waals surface area contributed by atoms with Crippen LogP contribution in [0, 0.1) is 0 Å². The van der Waals surface area contributed by atoms with Crippen molar-refractivity contribution in [3.8, 4) is 5.75 Å². The summed E-state index contributed by atoms with van der Waals surface area (Å²) in [5.41, 5.74) is 1.65. The molecule has 2 bridgehead atoms. The normalized spacial score (nSPS) is 19.5. The SMILES string of the molecule is N.Oc1cc2ccc1CC2O. The van der Waals surface area contributed by atoms with E-state index in [0.29, 0.717) is 12.2 Å². The van der Waals surface area contributed by atoms with Gasteiger partial charge < -0.3 is 16.4 Å². The minimum absolute atomic E-state index is 0. The average molecular weight is 153 g/mol. The molecule has 11 heavy (non-hydrogen) atoms. The number of aromatic hydroxyl groups is 1. The molecule has 1 aromatic carbocycles. The summed E-state index contributed by atoms with van der Waals surface area (Å²) in [6, 6.07) is 5.30. The number of phenols is 1. The van der Waals surface area contributed by atoms with Crippen LogP contribution in [0.5, 0.6) is 5.75 Å². The summed E-state index contributed by atoms with van der Waals surface area (Å²) in [5.74, 6) is 0.308. The molecule has 0 saturated heterocycles. The summed E-state index contributed by atoms with van der Waals surface area (Å²) in [6.07, 6.45) is 0.171. The molecule has 0 heterocycles. The van der Waals surface area contributed by atoms with Crippen molar-refractivity contribution in [2.75, 3.05) is 0 Å². The second kappa shape index (κ2) is 2.53. The fourth-order valence-corrected chi connectivity index (χ4v) is 1.29. The van der Waals surface area contributed by atoms with Gasteiger partial charge in [0.15, 0.2) is 0 Å². The van der Waals surface area contributed by atoms with Gasteiger partial charge in [-0.2, -0.15) is 0 Å². The smallest absolute Gasteiger partial charge is 0.119 e. The summed E-state index contributed by atoms with van der Waals surface area (Å²) in [6.45, 7) is 0. The highest BCUT2D eigenvalue weighted by Gasteiger charge is 2.18. The maximum absolute atomic E-state index is 9.25. The van der Waals surface area contributed by atoms with E-state index in [-0.39, 0.29) is 6.15 Å². The number of benzene rings is 1. The minimum Gasteiger partial charge on any atom is -0.508 e. The fourth-order valence-electron chi connectivity index (χ4n) is 1.29. The van der Waals surface area contributed by atoms with Gasteiger partial charge in [0.05, 0.1) is 6.10 Å². The van der Waals surface area contributed by atoms with Crippen molar-refractivity contribution in [2.24, 2.45) is 0 Å². The van der Waals surface area contributed by atoms with E-state index in [1.54, 1.807) is 6.07 Å². The molecule has 0 radical (unpaired) electrons. The fraction of sp³-hybridized carbons (Fsp3) is 0.250. The molecular formula is C8H11NO2. The molecule has 3 heteroatoms. The van der Waals surface area contributed by atoms with Crippen LogP contribution in [0.1, 0.15) is 17.2 Å². The minimum atomic E-state index is -0.393. The monoisotopic (exact) mass is 153 g/mol. The molecule has 0 amide bonds. The maximum Gasteiger partial charge on any atom is 0.119 e. The van der Waals surface area contributed by atoms with Gasteiger partial charge in [-0.1, -0.05) is 12.1 Å². The van der Waals surface area contributed by atoms with E-state index in [0.717, 1.165) is 11.1 Å². The van der Waals surface area contributed by atoms with Crippen LogP contribution in [0.4, 0.5) is 0 Å². The van der Waals surface area contributed by atoms with E-state index in [9.17, 15) is 5.11 Å². The van der Waals surface area contributed by atoms with Crippen molar-refractivity contribution in [3.63, 3.8) is 0 Å². The number of fused-ring (bicyclic) bond motifs is 3. The summed E-state index contributed by atoms with van der Waals surface area (Å²) in [5, 5.41) is 18.4. The first-order valence-electron chi connectivity index (χ1n) is 3.27. The molecule has 0 spiro atoms. The molecule has 1 atom stereocenters. The van der Waals surface area contributed by atoms with Gasteiger partial charge in [0.2, 0.25) is 0 Å². The van der Waals surface area contributed by atoms with Crippen LogP contribution < -0.4 is 6.15 Å². The Morgan fingerprint density at radius 1 is 1.36 bits per heavy atom. The number of hydrogen-bond donors (Lipinski definition) is 3. The zero-order valence-corrected chi connectivity index (χ0v) is 6.12. The topological polar surface area (TPSA) is 75.5 Å². The van der Waals surface area contributed by atoms with E-state index in [1.165, 1.54) is 0 Å². The van der Waals surface area contributed by atoms with Crippen molar-refractivity contribution < 1.29 is 10.2 Å². The third kappa shape index (κ3) is 1.08. The Kier molecular flexibility index (Phi) is 1.85. The number of phenolic OH excluding ortho intramolecular Hbond substituents is 1. The Labute approximate surface area is 64.9 Å². The molecule has 0 fully saturated rings. The molecule has 0 aliphatic heterocycles. The van der Waals surface area contributed by atoms with Gasteiger partial charge in [-0.15, -0.1) is 0 Å². The third-order valence-corrected chi connectivity index (χ3v) is 1.91. The van der Waals surface area contributed by atoms with E-state index in [1.807, 2.05) is 12.1 Å². The second-order valence-electron chi connectivity index (χ2n) is 2.61. The first-order valence-corrected chi connectivity index (χ1v) is 3.27. The second-order valence-corrected chi connectivity index (χ2v) is 2.61. The van der Waals surface area contributed by atoms with Gasteiger partial charge in [0.25, 0.3) is 0 Å². The number of aliphatic hydroxyl groups is 1. The van der Waals surface area contributed by atoms with E-state index < -0.39 is 6.10 Å². The Morgan fingerprint density at radius 2 is 2.09 bits per heavy atom. The van der Waals surface area contributed by atoms with Crippen LogP contribution in [0.3, 0.4) is 0 Å². The number of hydrogen-bond acceptors (Lipinski definition) is 3. The van der Waals surface area contributed by atoms with E-state index in [4.69, 9.17) is 5.11 Å².